The van der Waals surface area contributed by atoms with E-state index in [2.05, 4.69) is 4.98 Å². The molecule has 2 aromatic carbocycles. The van der Waals surface area contributed by atoms with E-state index in [0.29, 0.717) is 16.5 Å². The summed E-state index contributed by atoms with van der Waals surface area (Å²) in [5.74, 6) is -0.744. The maximum atomic E-state index is 12.8. The molecular weight excluding hydrogens is 348 g/mol. The van der Waals surface area contributed by atoms with E-state index in [4.69, 9.17) is 10.5 Å². The molecule has 0 radical (unpaired) electrons. The second-order valence-electron chi connectivity index (χ2n) is 6.02. The fourth-order valence-corrected chi connectivity index (χ4v) is 3.32. The first-order chi connectivity index (χ1) is 13.0. The normalized spacial score (nSPS) is 15.7. The molecule has 0 saturated heterocycles. The number of nitrogens with one attached hydrogen (secondary N) is 1. The monoisotopic (exact) mass is 360 g/mol. The summed E-state index contributed by atoms with van der Waals surface area (Å²) in [5, 5.41) is 21.4. The number of nitrogens with two attached hydrogens (primary N) is 1. The molecule has 0 spiro atoms. The first-order valence-electron chi connectivity index (χ1n) is 7.98. The highest BCUT2D eigenvalue weighted by atomic mass is 16.6. The molecule has 2 heterocycles. The fourth-order valence-electron chi connectivity index (χ4n) is 3.32. The van der Waals surface area contributed by atoms with E-state index in [0.717, 1.165) is 0 Å². The Balaban J connectivity index is 2.07. The van der Waals surface area contributed by atoms with Crippen LogP contribution in [0.25, 0.3) is 10.9 Å². The van der Waals surface area contributed by atoms with Crippen molar-refractivity contribution in [1.82, 2.24) is 4.98 Å². The van der Waals surface area contributed by atoms with Crippen LogP contribution >= 0.6 is 0 Å². The third kappa shape index (κ3) is 2.49. The summed E-state index contributed by atoms with van der Waals surface area (Å²) < 4.78 is 5.64. The molecule has 0 unspecified atom stereocenters. The standard InChI is InChI=1S/C19H12N4O4/c20-9-13-15(10-4-3-5-11(8-10)23(25)26)16-17(27-18(13)21)12-6-1-2-7-14(12)22-19(16)24/h1-8,15H,21H2,(H,22,24)/t15-/m1/s1. The van der Waals surface area contributed by atoms with Crippen molar-refractivity contribution in [3.05, 3.63) is 91.6 Å². The van der Waals surface area contributed by atoms with E-state index in [1.54, 1.807) is 30.3 Å². The molecular formula is C19H12N4O4. The molecule has 1 aromatic heterocycles. The van der Waals surface area contributed by atoms with Gasteiger partial charge in [0.15, 0.2) is 0 Å². The number of para-hydroxylation sites is 1. The highest BCUT2D eigenvalue weighted by Gasteiger charge is 2.35. The van der Waals surface area contributed by atoms with Crippen molar-refractivity contribution in [2.45, 2.75) is 5.92 Å². The summed E-state index contributed by atoms with van der Waals surface area (Å²) >= 11 is 0. The van der Waals surface area contributed by atoms with Gasteiger partial charge in [-0.1, -0.05) is 24.3 Å². The minimum Gasteiger partial charge on any atom is -0.439 e. The predicted molar refractivity (Wildman–Crippen MR) is 97.0 cm³/mol. The number of aromatic amines is 1. The molecule has 132 valence electrons. The summed E-state index contributed by atoms with van der Waals surface area (Å²) in [6, 6.07) is 14.8. The third-order valence-electron chi connectivity index (χ3n) is 4.50. The molecule has 0 fully saturated rings. The van der Waals surface area contributed by atoms with Gasteiger partial charge in [0.1, 0.15) is 17.4 Å². The topological polar surface area (TPSA) is 135 Å². The number of non-ortho nitro benzene ring substituents is 1. The Labute approximate surface area is 152 Å². The molecule has 3 N–H and O–H groups in total. The van der Waals surface area contributed by atoms with Crippen LogP contribution in [0.3, 0.4) is 0 Å². The number of aromatic nitrogens is 1. The predicted octanol–water partition coefficient (Wildman–Crippen LogP) is 2.65. The number of ether oxygens (including phenoxy) is 1. The summed E-state index contributed by atoms with van der Waals surface area (Å²) in [5.41, 5.74) is 6.57. The van der Waals surface area contributed by atoms with Gasteiger partial charge >= 0.3 is 0 Å². The van der Waals surface area contributed by atoms with E-state index in [1.165, 1.54) is 18.2 Å². The van der Waals surface area contributed by atoms with E-state index < -0.39 is 16.4 Å². The lowest BCUT2D eigenvalue weighted by Crippen LogP contribution is -2.27. The summed E-state index contributed by atoms with van der Waals surface area (Å²) in [6.45, 7) is 0. The lowest BCUT2D eigenvalue weighted by molar-refractivity contribution is -0.384. The maximum Gasteiger partial charge on any atom is 0.269 e. The summed E-state index contributed by atoms with van der Waals surface area (Å²) in [6.07, 6.45) is 0. The van der Waals surface area contributed by atoms with Gasteiger partial charge in [0.2, 0.25) is 5.88 Å². The second-order valence-corrected chi connectivity index (χ2v) is 6.02. The molecule has 0 saturated carbocycles. The van der Waals surface area contributed by atoms with Crippen LogP contribution in [-0.2, 0) is 0 Å². The van der Waals surface area contributed by atoms with Gasteiger partial charge in [0.05, 0.1) is 21.9 Å². The van der Waals surface area contributed by atoms with Crippen molar-refractivity contribution in [3.8, 4) is 11.8 Å². The van der Waals surface area contributed by atoms with E-state index in [1.807, 2.05) is 6.07 Å². The molecule has 0 bridgehead atoms. The third-order valence-corrected chi connectivity index (χ3v) is 4.50. The molecule has 0 amide bonds. The Hall–Kier alpha value is -4.12. The van der Waals surface area contributed by atoms with Crippen LogP contribution in [0.5, 0.6) is 5.75 Å². The minimum absolute atomic E-state index is 0.0313. The molecule has 8 nitrogen and oxygen atoms in total. The number of rotatable bonds is 2. The van der Waals surface area contributed by atoms with E-state index >= 15 is 0 Å². The molecule has 0 aliphatic carbocycles. The quantitative estimate of drug-likeness (QED) is 0.533. The average Bonchev–Trinajstić information content (AvgIpc) is 2.67. The van der Waals surface area contributed by atoms with Gasteiger partial charge in [-0.15, -0.1) is 0 Å². The van der Waals surface area contributed by atoms with Crippen LogP contribution in [0.4, 0.5) is 5.69 Å². The van der Waals surface area contributed by atoms with Crippen LogP contribution in [0.1, 0.15) is 17.0 Å². The highest BCUT2D eigenvalue weighted by Crippen LogP contribution is 2.43. The van der Waals surface area contributed by atoms with Crippen molar-refractivity contribution in [2.24, 2.45) is 5.73 Å². The Morgan fingerprint density at radius 3 is 2.74 bits per heavy atom. The Bertz CT molecular complexity index is 1240. The lowest BCUT2D eigenvalue weighted by atomic mass is 9.83. The number of fused-ring (bicyclic) bond motifs is 3. The van der Waals surface area contributed by atoms with Gasteiger partial charge in [-0.25, -0.2) is 0 Å². The van der Waals surface area contributed by atoms with Gasteiger partial charge in [-0.2, -0.15) is 5.26 Å². The van der Waals surface area contributed by atoms with Crippen molar-refractivity contribution < 1.29 is 9.66 Å². The number of nitro groups is 1. The number of H-pyrrole nitrogens is 1. The zero-order valence-corrected chi connectivity index (χ0v) is 13.8. The fraction of sp³-hybridized carbons (Fsp3) is 0.0526. The van der Waals surface area contributed by atoms with Gasteiger partial charge in [-0.05, 0) is 17.7 Å². The van der Waals surface area contributed by atoms with Crippen molar-refractivity contribution in [3.63, 3.8) is 0 Å². The zero-order chi connectivity index (χ0) is 19.1. The number of hydrogen-bond donors (Lipinski definition) is 2. The number of nitro benzene ring substituents is 1. The van der Waals surface area contributed by atoms with Crippen LogP contribution < -0.4 is 16.0 Å². The van der Waals surface area contributed by atoms with Crippen LogP contribution in [0, 0.1) is 21.4 Å². The molecule has 27 heavy (non-hydrogen) atoms. The van der Waals surface area contributed by atoms with Crippen LogP contribution in [0.15, 0.2) is 64.8 Å². The Kier molecular flexibility index (Phi) is 3.63. The number of pyridine rings is 1. The number of nitrogens with zero attached hydrogens (tertiary/aromatic N) is 2. The molecule has 1 aliphatic rings. The molecule has 3 aromatic rings. The second kappa shape index (κ2) is 6.00. The minimum atomic E-state index is -0.869. The van der Waals surface area contributed by atoms with Crippen LogP contribution in [-0.4, -0.2) is 9.91 Å². The van der Waals surface area contributed by atoms with Crippen molar-refractivity contribution >= 4 is 16.6 Å². The maximum absolute atomic E-state index is 12.8. The molecule has 1 aliphatic heterocycles. The smallest absolute Gasteiger partial charge is 0.269 e. The van der Waals surface area contributed by atoms with E-state index in [-0.39, 0.29) is 28.5 Å². The highest BCUT2D eigenvalue weighted by molar-refractivity contribution is 5.87. The average molecular weight is 360 g/mol. The Morgan fingerprint density at radius 2 is 2.00 bits per heavy atom. The van der Waals surface area contributed by atoms with Gasteiger partial charge < -0.3 is 15.5 Å². The number of nitriles is 1. The van der Waals surface area contributed by atoms with Crippen LogP contribution in [0.2, 0.25) is 0 Å². The summed E-state index contributed by atoms with van der Waals surface area (Å²) in [7, 11) is 0. The molecule has 8 heteroatoms. The zero-order valence-electron chi connectivity index (χ0n) is 13.8. The number of allylic oxidation sites excluding steroid dienone is 1. The first kappa shape index (κ1) is 16.4. The Morgan fingerprint density at radius 1 is 1.22 bits per heavy atom. The largest absolute Gasteiger partial charge is 0.439 e. The van der Waals surface area contributed by atoms with E-state index in [9.17, 15) is 20.2 Å². The van der Waals surface area contributed by atoms with Crippen molar-refractivity contribution in [2.75, 3.05) is 0 Å². The lowest BCUT2D eigenvalue weighted by Gasteiger charge is -2.26. The molecule has 1 atom stereocenters. The number of benzene rings is 2. The SMILES string of the molecule is N#CC1=C(N)Oc2c(c(=O)[nH]c3ccccc23)[C@@H]1c1cccc([N+](=O)[O-])c1. The summed E-state index contributed by atoms with van der Waals surface area (Å²) in [4.78, 5) is 26.2. The van der Waals surface area contributed by atoms with Gasteiger partial charge in [0.25, 0.3) is 11.2 Å². The molecule has 4 rings (SSSR count). The number of hydrogen-bond acceptors (Lipinski definition) is 6. The van der Waals surface area contributed by atoms with Crippen molar-refractivity contribution in [1.29, 1.82) is 5.26 Å². The first-order valence-corrected chi connectivity index (χ1v) is 7.98. The van der Waals surface area contributed by atoms with Gasteiger partial charge in [0, 0.05) is 17.5 Å². The van der Waals surface area contributed by atoms with Gasteiger partial charge in [-0.3, -0.25) is 14.9 Å².